The smallest absolute Gasteiger partial charge is 0.246 e. The summed E-state index contributed by atoms with van der Waals surface area (Å²) in [5, 5.41) is 2.02. The summed E-state index contributed by atoms with van der Waals surface area (Å²) in [7, 11) is 1.92. The second-order valence-electron chi connectivity index (χ2n) is 4.96. The molecule has 1 aromatic rings. The minimum atomic E-state index is 0.114. The number of nitrogens with zero attached hydrogens (tertiary/aromatic N) is 2. The lowest BCUT2D eigenvalue weighted by Gasteiger charge is -2.35. The van der Waals surface area contributed by atoms with Crippen molar-refractivity contribution in [3.05, 3.63) is 28.5 Å². The Morgan fingerprint density at radius 1 is 1.53 bits per heavy atom. The first-order valence-electron chi connectivity index (χ1n) is 6.91. The third kappa shape index (κ3) is 3.91. The van der Waals surface area contributed by atoms with Gasteiger partial charge in [-0.1, -0.05) is 13.0 Å². The molecule has 3 nitrogen and oxygen atoms in total. The minimum absolute atomic E-state index is 0.114. The lowest BCUT2D eigenvalue weighted by molar-refractivity contribution is -0.127. The van der Waals surface area contributed by atoms with Gasteiger partial charge in [-0.2, -0.15) is 0 Å². The van der Waals surface area contributed by atoms with E-state index in [2.05, 4.69) is 11.8 Å². The molecule has 0 atom stereocenters. The van der Waals surface area contributed by atoms with Crippen LogP contribution in [0.1, 0.15) is 24.6 Å². The molecule has 1 aliphatic heterocycles. The van der Waals surface area contributed by atoms with Crippen LogP contribution in [-0.4, -0.2) is 48.4 Å². The van der Waals surface area contributed by atoms with Crippen molar-refractivity contribution in [3.63, 3.8) is 0 Å². The number of likely N-dealkylation sites (N-methyl/N-ethyl adjacent to an activating group) is 1. The maximum absolute atomic E-state index is 12.1. The van der Waals surface area contributed by atoms with Gasteiger partial charge in [0.05, 0.1) is 0 Å². The third-order valence-electron chi connectivity index (χ3n) is 3.83. The number of carbonyl (C=O) groups excluding carboxylic acids is 1. The number of likely N-dealkylation sites (tertiary alicyclic amines) is 1. The van der Waals surface area contributed by atoms with Crippen molar-refractivity contribution in [2.75, 3.05) is 26.7 Å². The molecule has 0 bridgehead atoms. The van der Waals surface area contributed by atoms with Gasteiger partial charge >= 0.3 is 0 Å². The van der Waals surface area contributed by atoms with E-state index in [-0.39, 0.29) is 5.91 Å². The summed E-state index contributed by atoms with van der Waals surface area (Å²) in [6.07, 6.45) is 5.77. The number of hydrogen-bond donors (Lipinski definition) is 0. The molecule has 1 fully saturated rings. The fourth-order valence-corrected chi connectivity index (χ4v) is 3.08. The van der Waals surface area contributed by atoms with Gasteiger partial charge in [0.2, 0.25) is 5.91 Å². The molecule has 0 radical (unpaired) electrons. The summed E-state index contributed by atoms with van der Waals surface area (Å²) >= 11 is 1.65. The Labute approximate surface area is 119 Å². The van der Waals surface area contributed by atoms with Gasteiger partial charge in [0.25, 0.3) is 0 Å². The van der Waals surface area contributed by atoms with Crippen molar-refractivity contribution in [3.8, 4) is 0 Å². The number of thiophene rings is 1. The van der Waals surface area contributed by atoms with Crippen molar-refractivity contribution < 1.29 is 4.79 Å². The predicted molar refractivity (Wildman–Crippen MR) is 81.3 cm³/mol. The monoisotopic (exact) mass is 278 g/mol. The van der Waals surface area contributed by atoms with E-state index in [0.717, 1.165) is 37.4 Å². The van der Waals surface area contributed by atoms with Crippen LogP contribution in [0, 0.1) is 0 Å². The molecule has 0 spiro atoms. The van der Waals surface area contributed by atoms with E-state index >= 15 is 0 Å². The average molecular weight is 278 g/mol. The molecule has 0 unspecified atom stereocenters. The van der Waals surface area contributed by atoms with Crippen LogP contribution in [0.25, 0.3) is 6.08 Å². The molecule has 1 saturated heterocycles. The molecule has 0 aromatic carbocycles. The van der Waals surface area contributed by atoms with E-state index in [1.807, 2.05) is 35.5 Å². The van der Waals surface area contributed by atoms with Crippen molar-refractivity contribution in [2.45, 2.75) is 25.8 Å². The SMILES string of the molecule is CCN1CCC(N(C)C(=O)/C=C/c2cccs2)CC1. The molecule has 104 valence electrons. The Kier molecular flexibility index (Phi) is 5.16. The predicted octanol–water partition coefficient (Wildman–Crippen LogP) is 2.70. The molecule has 4 heteroatoms. The lowest BCUT2D eigenvalue weighted by Crippen LogP contribution is -2.45. The molecule has 2 rings (SSSR count). The number of hydrogen-bond acceptors (Lipinski definition) is 3. The molecule has 1 aromatic heterocycles. The first-order valence-corrected chi connectivity index (χ1v) is 7.79. The number of rotatable bonds is 4. The van der Waals surface area contributed by atoms with Gasteiger partial charge in [0.15, 0.2) is 0 Å². The van der Waals surface area contributed by atoms with Gasteiger partial charge in [-0.15, -0.1) is 11.3 Å². The Morgan fingerprint density at radius 3 is 2.84 bits per heavy atom. The van der Waals surface area contributed by atoms with E-state index in [0.29, 0.717) is 6.04 Å². The molecule has 0 saturated carbocycles. The van der Waals surface area contributed by atoms with Crippen LogP contribution in [0.5, 0.6) is 0 Å². The summed E-state index contributed by atoms with van der Waals surface area (Å²) < 4.78 is 0. The molecule has 0 aliphatic carbocycles. The second kappa shape index (κ2) is 6.87. The summed E-state index contributed by atoms with van der Waals surface area (Å²) in [5.74, 6) is 0.114. The van der Waals surface area contributed by atoms with Crippen LogP contribution in [-0.2, 0) is 4.79 Å². The van der Waals surface area contributed by atoms with Crippen LogP contribution in [0.3, 0.4) is 0 Å². The molecule has 0 N–H and O–H groups in total. The summed E-state index contributed by atoms with van der Waals surface area (Å²) in [6.45, 7) is 5.52. The van der Waals surface area contributed by atoms with Crippen molar-refractivity contribution in [2.24, 2.45) is 0 Å². The molecule has 1 aliphatic rings. The van der Waals surface area contributed by atoms with Gasteiger partial charge < -0.3 is 9.80 Å². The highest BCUT2D eigenvalue weighted by atomic mass is 32.1. The van der Waals surface area contributed by atoms with Gasteiger partial charge in [-0.25, -0.2) is 0 Å². The number of carbonyl (C=O) groups is 1. The van der Waals surface area contributed by atoms with Crippen molar-refractivity contribution >= 4 is 23.3 Å². The van der Waals surface area contributed by atoms with E-state index < -0.39 is 0 Å². The molecular weight excluding hydrogens is 256 g/mol. The normalized spacial score (nSPS) is 18.0. The maximum Gasteiger partial charge on any atom is 0.246 e. The first-order chi connectivity index (χ1) is 9.20. The van der Waals surface area contributed by atoms with E-state index in [9.17, 15) is 4.79 Å². The zero-order chi connectivity index (χ0) is 13.7. The average Bonchev–Trinajstić information content (AvgIpc) is 2.97. The fourth-order valence-electron chi connectivity index (χ4n) is 2.46. The molecular formula is C15H22N2OS. The van der Waals surface area contributed by atoms with Crippen LogP contribution >= 0.6 is 11.3 Å². The quantitative estimate of drug-likeness (QED) is 0.791. The summed E-state index contributed by atoms with van der Waals surface area (Å²) in [4.78, 5) is 17.6. The van der Waals surface area contributed by atoms with Gasteiger partial charge in [0.1, 0.15) is 0 Å². The molecule has 19 heavy (non-hydrogen) atoms. The van der Waals surface area contributed by atoms with Gasteiger partial charge in [-0.05, 0) is 36.9 Å². The zero-order valence-electron chi connectivity index (χ0n) is 11.7. The van der Waals surface area contributed by atoms with E-state index in [4.69, 9.17) is 0 Å². The summed E-state index contributed by atoms with van der Waals surface area (Å²) in [6, 6.07) is 4.41. The van der Waals surface area contributed by atoms with Crippen LogP contribution < -0.4 is 0 Å². The third-order valence-corrected chi connectivity index (χ3v) is 4.67. The summed E-state index contributed by atoms with van der Waals surface area (Å²) in [5.41, 5.74) is 0. The standard InChI is InChI=1S/C15H22N2OS/c1-3-17-10-8-13(9-11-17)16(2)15(18)7-6-14-5-4-12-19-14/h4-7,12-13H,3,8-11H2,1-2H3/b7-6+. The lowest BCUT2D eigenvalue weighted by atomic mass is 10.0. The van der Waals surface area contributed by atoms with Crippen LogP contribution in [0.2, 0.25) is 0 Å². The van der Waals surface area contributed by atoms with Crippen molar-refractivity contribution in [1.82, 2.24) is 9.80 Å². The topological polar surface area (TPSA) is 23.6 Å². The fraction of sp³-hybridized carbons (Fsp3) is 0.533. The Balaban J connectivity index is 1.86. The minimum Gasteiger partial charge on any atom is -0.339 e. The Hall–Kier alpha value is -1.13. The largest absolute Gasteiger partial charge is 0.339 e. The molecule has 2 heterocycles. The first kappa shape index (κ1) is 14.3. The Bertz CT molecular complexity index is 419. The number of piperidine rings is 1. The second-order valence-corrected chi connectivity index (χ2v) is 5.94. The van der Waals surface area contributed by atoms with Gasteiger partial charge in [-0.3, -0.25) is 4.79 Å². The maximum atomic E-state index is 12.1. The van der Waals surface area contributed by atoms with Gasteiger partial charge in [0, 0.05) is 37.1 Å². The van der Waals surface area contributed by atoms with Crippen LogP contribution in [0.15, 0.2) is 23.6 Å². The number of amides is 1. The highest BCUT2D eigenvalue weighted by Gasteiger charge is 2.23. The van der Waals surface area contributed by atoms with Crippen LogP contribution in [0.4, 0.5) is 0 Å². The Morgan fingerprint density at radius 2 is 2.26 bits per heavy atom. The van der Waals surface area contributed by atoms with E-state index in [1.54, 1.807) is 17.4 Å². The zero-order valence-corrected chi connectivity index (χ0v) is 12.5. The highest BCUT2D eigenvalue weighted by molar-refractivity contribution is 7.10. The highest BCUT2D eigenvalue weighted by Crippen LogP contribution is 2.16. The molecule has 1 amide bonds. The van der Waals surface area contributed by atoms with Crippen molar-refractivity contribution in [1.29, 1.82) is 0 Å². The van der Waals surface area contributed by atoms with E-state index in [1.165, 1.54) is 0 Å².